The monoisotopic (exact) mass is 373 g/mol. The number of ether oxygens (including phenoxy) is 1. The second-order valence-electron chi connectivity index (χ2n) is 9.67. The third-order valence-electron chi connectivity index (χ3n) is 5.26. The molecule has 148 valence electrons. The van der Waals surface area contributed by atoms with E-state index in [1.54, 1.807) is 0 Å². The number of hydrogen-bond donors (Lipinski definition) is 1. The highest BCUT2D eigenvalue weighted by Crippen LogP contribution is 2.39. The molecule has 1 fully saturated rings. The fourth-order valence-electron chi connectivity index (χ4n) is 2.90. The van der Waals surface area contributed by atoms with Gasteiger partial charge in [-0.05, 0) is 64.6 Å². The summed E-state index contributed by atoms with van der Waals surface area (Å²) in [4.78, 5) is 14.5. The number of amides is 1. The van der Waals surface area contributed by atoms with Crippen LogP contribution >= 0.6 is 0 Å². The number of piperidine rings is 1. The zero-order valence-electron chi connectivity index (χ0n) is 17.5. The van der Waals surface area contributed by atoms with Crippen LogP contribution < -0.4 is 0 Å². The van der Waals surface area contributed by atoms with Gasteiger partial charge < -0.3 is 19.2 Å². The van der Waals surface area contributed by atoms with Crippen LogP contribution in [0, 0.1) is 0 Å². The van der Waals surface area contributed by atoms with Crippen molar-refractivity contribution in [3.63, 3.8) is 0 Å². The Balaban J connectivity index is 2.97. The molecule has 6 heteroatoms. The molecule has 1 rings (SSSR count). The molecule has 0 unspecified atom stereocenters. The first kappa shape index (κ1) is 22.4. The Morgan fingerprint density at radius 3 is 2.28 bits per heavy atom. The average Bonchev–Trinajstić information content (AvgIpc) is 2.42. The molecular formula is C19H39NO4Si. The SMILES string of the molecule is CC(C)(C)OC(=O)N1CCC[C@@H](O[Si](C)(C)C(C)(C)C)[C@@H]1CCCO. The Bertz CT molecular complexity index is 440. The Morgan fingerprint density at radius 2 is 1.80 bits per heavy atom. The Morgan fingerprint density at radius 1 is 1.20 bits per heavy atom. The van der Waals surface area contributed by atoms with Crippen LogP contribution in [-0.2, 0) is 9.16 Å². The number of aliphatic hydroxyl groups is 1. The maximum absolute atomic E-state index is 12.7. The van der Waals surface area contributed by atoms with Crippen molar-refractivity contribution in [2.45, 2.75) is 103 Å². The first-order valence-corrected chi connectivity index (χ1v) is 12.5. The third-order valence-corrected chi connectivity index (χ3v) is 9.76. The molecule has 1 aliphatic heterocycles. The van der Waals surface area contributed by atoms with Crippen molar-refractivity contribution in [2.24, 2.45) is 0 Å². The van der Waals surface area contributed by atoms with Crippen molar-refractivity contribution >= 4 is 14.4 Å². The van der Waals surface area contributed by atoms with Gasteiger partial charge in [-0.25, -0.2) is 4.79 Å². The summed E-state index contributed by atoms with van der Waals surface area (Å²) < 4.78 is 12.3. The topological polar surface area (TPSA) is 59.0 Å². The van der Waals surface area contributed by atoms with E-state index >= 15 is 0 Å². The molecular weight excluding hydrogens is 334 g/mol. The van der Waals surface area contributed by atoms with Gasteiger partial charge in [-0.1, -0.05) is 20.8 Å². The van der Waals surface area contributed by atoms with Crippen LogP contribution in [0.1, 0.15) is 67.2 Å². The molecule has 2 atom stereocenters. The van der Waals surface area contributed by atoms with E-state index in [0.717, 1.165) is 19.3 Å². The fraction of sp³-hybridized carbons (Fsp3) is 0.947. The van der Waals surface area contributed by atoms with Gasteiger partial charge in [0.2, 0.25) is 0 Å². The summed E-state index contributed by atoms with van der Waals surface area (Å²) in [6.45, 7) is 17.7. The molecule has 0 radical (unpaired) electrons. The van der Waals surface area contributed by atoms with Gasteiger partial charge in [-0.15, -0.1) is 0 Å². The standard InChI is InChI=1S/C19H39NO4Si/c1-18(2,3)23-17(22)20-13-9-12-16(15(20)11-10-14-21)24-25(7,8)19(4,5)6/h15-16,21H,9-14H2,1-8H3/t15-,16+/m0/s1. The molecule has 1 N–H and O–H groups in total. The molecule has 1 amide bonds. The minimum Gasteiger partial charge on any atom is -0.444 e. The molecule has 0 bridgehead atoms. The summed E-state index contributed by atoms with van der Waals surface area (Å²) in [5.41, 5.74) is -0.508. The third kappa shape index (κ3) is 6.57. The molecule has 0 aliphatic carbocycles. The predicted molar refractivity (Wildman–Crippen MR) is 104 cm³/mol. The van der Waals surface area contributed by atoms with Gasteiger partial charge in [0.25, 0.3) is 0 Å². The first-order chi connectivity index (χ1) is 11.3. The van der Waals surface area contributed by atoms with Crippen LogP contribution in [0.15, 0.2) is 0 Å². The molecule has 0 spiro atoms. The number of carbonyl (C=O) groups excluding carboxylic acids is 1. The molecule has 1 saturated heterocycles. The molecule has 25 heavy (non-hydrogen) atoms. The number of aliphatic hydroxyl groups excluding tert-OH is 1. The van der Waals surface area contributed by atoms with E-state index in [2.05, 4.69) is 33.9 Å². The van der Waals surface area contributed by atoms with E-state index in [0.29, 0.717) is 13.0 Å². The van der Waals surface area contributed by atoms with Crippen LogP contribution in [0.25, 0.3) is 0 Å². The second-order valence-corrected chi connectivity index (χ2v) is 14.4. The number of carbonyl (C=O) groups is 1. The van der Waals surface area contributed by atoms with Gasteiger partial charge in [0.1, 0.15) is 5.60 Å². The van der Waals surface area contributed by atoms with Crippen molar-refractivity contribution in [3.8, 4) is 0 Å². The first-order valence-electron chi connectivity index (χ1n) is 9.57. The summed E-state index contributed by atoms with van der Waals surface area (Å²) in [6.07, 6.45) is 3.06. The van der Waals surface area contributed by atoms with E-state index in [-0.39, 0.29) is 29.9 Å². The van der Waals surface area contributed by atoms with E-state index in [4.69, 9.17) is 9.16 Å². The minimum atomic E-state index is -1.93. The fourth-order valence-corrected chi connectivity index (χ4v) is 4.29. The lowest BCUT2D eigenvalue weighted by atomic mass is 9.95. The number of nitrogens with zero attached hydrogens (tertiary/aromatic N) is 1. The van der Waals surface area contributed by atoms with Crippen molar-refractivity contribution < 1.29 is 19.1 Å². The second kappa shape index (κ2) is 8.40. The lowest BCUT2D eigenvalue weighted by Crippen LogP contribution is -2.56. The molecule has 0 aromatic heterocycles. The Hall–Kier alpha value is -0.593. The summed E-state index contributed by atoms with van der Waals surface area (Å²) >= 11 is 0. The van der Waals surface area contributed by atoms with Crippen molar-refractivity contribution in [2.75, 3.05) is 13.2 Å². The normalized spacial score (nSPS) is 22.8. The zero-order valence-corrected chi connectivity index (χ0v) is 18.5. The smallest absolute Gasteiger partial charge is 0.410 e. The predicted octanol–water partition coefficient (Wildman–Crippen LogP) is 4.55. The number of rotatable bonds is 5. The number of likely N-dealkylation sites (tertiary alicyclic amines) is 1. The van der Waals surface area contributed by atoms with Gasteiger partial charge in [0, 0.05) is 13.2 Å². The quantitative estimate of drug-likeness (QED) is 0.718. The lowest BCUT2D eigenvalue weighted by Gasteiger charge is -2.46. The molecule has 1 aliphatic rings. The van der Waals surface area contributed by atoms with E-state index < -0.39 is 13.9 Å². The van der Waals surface area contributed by atoms with Gasteiger partial charge in [-0.2, -0.15) is 0 Å². The van der Waals surface area contributed by atoms with Gasteiger partial charge >= 0.3 is 6.09 Å². The highest BCUT2D eigenvalue weighted by atomic mass is 28.4. The summed E-state index contributed by atoms with van der Waals surface area (Å²) in [7, 11) is -1.93. The van der Waals surface area contributed by atoms with Gasteiger partial charge in [-0.3, -0.25) is 0 Å². The largest absolute Gasteiger partial charge is 0.444 e. The minimum absolute atomic E-state index is 0.0220. The van der Waals surface area contributed by atoms with Crippen molar-refractivity contribution in [1.29, 1.82) is 0 Å². The summed E-state index contributed by atoms with van der Waals surface area (Å²) in [6, 6.07) is -0.0233. The highest BCUT2D eigenvalue weighted by molar-refractivity contribution is 6.74. The van der Waals surface area contributed by atoms with E-state index in [1.165, 1.54) is 0 Å². The average molecular weight is 374 g/mol. The van der Waals surface area contributed by atoms with Gasteiger partial charge in [0.15, 0.2) is 8.32 Å². The van der Waals surface area contributed by atoms with Crippen LogP contribution in [0.5, 0.6) is 0 Å². The Kier molecular flexibility index (Phi) is 7.54. The maximum atomic E-state index is 12.7. The Labute approximate surface area is 155 Å². The molecule has 5 nitrogen and oxygen atoms in total. The van der Waals surface area contributed by atoms with Crippen LogP contribution in [0.2, 0.25) is 18.1 Å². The maximum Gasteiger partial charge on any atom is 0.410 e. The lowest BCUT2D eigenvalue weighted by molar-refractivity contribution is -0.0226. The highest BCUT2D eigenvalue weighted by Gasteiger charge is 2.44. The molecule has 0 saturated carbocycles. The van der Waals surface area contributed by atoms with Crippen LogP contribution in [-0.4, -0.2) is 55.3 Å². The molecule has 0 aromatic rings. The van der Waals surface area contributed by atoms with Crippen molar-refractivity contribution in [1.82, 2.24) is 4.90 Å². The van der Waals surface area contributed by atoms with Crippen LogP contribution in [0.3, 0.4) is 0 Å². The summed E-state index contributed by atoms with van der Waals surface area (Å²) in [5, 5.41) is 9.42. The van der Waals surface area contributed by atoms with E-state index in [1.807, 2.05) is 25.7 Å². The molecule has 1 heterocycles. The van der Waals surface area contributed by atoms with Crippen molar-refractivity contribution in [3.05, 3.63) is 0 Å². The zero-order chi connectivity index (χ0) is 19.5. The summed E-state index contributed by atoms with van der Waals surface area (Å²) in [5.74, 6) is 0. The van der Waals surface area contributed by atoms with Gasteiger partial charge in [0.05, 0.1) is 12.1 Å². The molecule has 0 aromatic carbocycles. The number of hydrogen-bond acceptors (Lipinski definition) is 4. The van der Waals surface area contributed by atoms with Crippen LogP contribution in [0.4, 0.5) is 4.79 Å². The van der Waals surface area contributed by atoms with E-state index in [9.17, 15) is 9.90 Å².